The van der Waals surface area contributed by atoms with E-state index in [2.05, 4.69) is 0 Å². The van der Waals surface area contributed by atoms with Crippen LogP contribution in [0.5, 0.6) is 0 Å². The molecule has 1 aromatic carbocycles. The number of carbonyl (C=O) groups is 2. The van der Waals surface area contributed by atoms with Gasteiger partial charge in [-0.1, -0.05) is 24.3 Å². The first-order valence-corrected chi connectivity index (χ1v) is 6.48. The average Bonchev–Trinajstić information content (AvgIpc) is 2.73. The van der Waals surface area contributed by atoms with Crippen molar-refractivity contribution in [1.29, 1.82) is 0 Å². The van der Waals surface area contributed by atoms with Crippen LogP contribution < -0.4 is 0 Å². The van der Waals surface area contributed by atoms with Gasteiger partial charge in [-0.05, 0) is 19.1 Å². The smallest absolute Gasteiger partial charge is 0.262 e. The molecule has 2 rings (SSSR count). The van der Waals surface area contributed by atoms with Gasteiger partial charge in [-0.2, -0.15) is 0 Å². The van der Waals surface area contributed by atoms with Gasteiger partial charge < -0.3 is 4.74 Å². The Morgan fingerprint density at radius 1 is 1.25 bits per heavy atom. The molecule has 0 N–H and O–H groups in total. The number of rotatable bonds is 6. The lowest BCUT2D eigenvalue weighted by molar-refractivity contribution is 0.0595. The summed E-state index contributed by atoms with van der Waals surface area (Å²) in [5.41, 5.74) is 0.656. The van der Waals surface area contributed by atoms with Crippen molar-refractivity contribution in [2.45, 2.75) is 13.0 Å². The number of carbonyl (C=O) groups excluding carboxylic acids is 2. The summed E-state index contributed by atoms with van der Waals surface area (Å²) in [6.45, 7) is 1.92. The fourth-order valence-corrected chi connectivity index (χ4v) is 2.11. The summed E-state index contributed by atoms with van der Waals surface area (Å²) in [5.74, 6) is -0.899. The number of benzene rings is 1. The summed E-state index contributed by atoms with van der Waals surface area (Å²) in [6.07, 6.45) is 3.12. The van der Waals surface area contributed by atoms with Crippen molar-refractivity contribution in [2.75, 3.05) is 19.9 Å². The first kappa shape index (κ1) is 14.4. The molecule has 0 fully saturated rings. The van der Waals surface area contributed by atoms with E-state index in [9.17, 15) is 14.0 Å². The molecular weight excluding hydrogens is 261 g/mol. The van der Waals surface area contributed by atoms with Gasteiger partial charge in [0.15, 0.2) is 0 Å². The normalized spacial score (nSPS) is 16.0. The Balaban J connectivity index is 2.18. The minimum Gasteiger partial charge on any atom is -0.378 e. The molecule has 5 heteroatoms. The lowest BCUT2D eigenvalue weighted by Gasteiger charge is -2.20. The zero-order valence-corrected chi connectivity index (χ0v) is 11.2. The number of ether oxygens (including phenoxy) is 1. The second-order valence-electron chi connectivity index (χ2n) is 4.34. The van der Waals surface area contributed by atoms with Crippen LogP contribution >= 0.6 is 0 Å². The Morgan fingerprint density at radius 3 is 2.35 bits per heavy atom. The fourth-order valence-electron chi connectivity index (χ4n) is 2.11. The van der Waals surface area contributed by atoms with Crippen LogP contribution in [0.25, 0.3) is 0 Å². The van der Waals surface area contributed by atoms with E-state index >= 15 is 0 Å². The molecule has 2 amide bonds. The van der Waals surface area contributed by atoms with Crippen molar-refractivity contribution < 1.29 is 18.7 Å². The third-order valence-electron chi connectivity index (χ3n) is 3.09. The van der Waals surface area contributed by atoms with E-state index in [0.717, 1.165) is 4.90 Å². The topological polar surface area (TPSA) is 46.6 Å². The molecule has 1 unspecified atom stereocenters. The summed E-state index contributed by atoms with van der Waals surface area (Å²) in [5, 5.41) is 0. The molecule has 0 aliphatic carbocycles. The molecule has 0 aromatic heterocycles. The van der Waals surface area contributed by atoms with Crippen molar-refractivity contribution in [3.05, 3.63) is 47.5 Å². The number of amides is 2. The molecule has 0 radical (unpaired) electrons. The molecule has 0 bridgehead atoms. The van der Waals surface area contributed by atoms with Crippen LogP contribution in [-0.2, 0) is 4.74 Å². The Hall–Kier alpha value is -2.01. The highest BCUT2D eigenvalue weighted by atomic mass is 19.1. The maximum Gasteiger partial charge on any atom is 0.262 e. The van der Waals surface area contributed by atoms with Crippen molar-refractivity contribution in [2.24, 2.45) is 0 Å². The highest BCUT2D eigenvalue weighted by Crippen LogP contribution is 2.25. The Labute approximate surface area is 116 Å². The fraction of sp³-hybridized carbons (Fsp3) is 0.333. The predicted molar refractivity (Wildman–Crippen MR) is 72.3 cm³/mol. The molecule has 20 heavy (non-hydrogen) atoms. The maximum absolute atomic E-state index is 13.2. The largest absolute Gasteiger partial charge is 0.378 e. The molecule has 0 spiro atoms. The summed E-state index contributed by atoms with van der Waals surface area (Å²) in [6, 6.07) is 5.64. The molecule has 1 heterocycles. The predicted octanol–water partition coefficient (Wildman–Crippen LogP) is 2.21. The van der Waals surface area contributed by atoms with Gasteiger partial charge in [0, 0.05) is 6.61 Å². The van der Waals surface area contributed by atoms with Gasteiger partial charge in [0.25, 0.3) is 11.8 Å². The first-order valence-electron chi connectivity index (χ1n) is 6.48. The van der Waals surface area contributed by atoms with E-state index in [1.54, 1.807) is 30.3 Å². The van der Waals surface area contributed by atoms with Gasteiger partial charge in [-0.25, -0.2) is 4.39 Å². The monoisotopic (exact) mass is 277 g/mol. The van der Waals surface area contributed by atoms with Crippen LogP contribution in [0.2, 0.25) is 0 Å². The Morgan fingerprint density at radius 2 is 1.85 bits per heavy atom. The third kappa shape index (κ3) is 2.63. The van der Waals surface area contributed by atoms with Crippen LogP contribution in [0.3, 0.4) is 0 Å². The van der Waals surface area contributed by atoms with E-state index in [1.165, 1.54) is 6.08 Å². The molecule has 0 saturated carbocycles. The summed E-state index contributed by atoms with van der Waals surface area (Å²) in [7, 11) is 0. The molecule has 4 nitrogen and oxygen atoms in total. The van der Waals surface area contributed by atoms with Crippen molar-refractivity contribution in [3.63, 3.8) is 0 Å². The highest BCUT2D eigenvalue weighted by molar-refractivity contribution is 6.21. The van der Waals surface area contributed by atoms with E-state index in [0.29, 0.717) is 24.3 Å². The zero-order valence-electron chi connectivity index (χ0n) is 11.2. The number of halogens is 1. The van der Waals surface area contributed by atoms with Crippen molar-refractivity contribution >= 4 is 11.8 Å². The second kappa shape index (κ2) is 6.43. The van der Waals surface area contributed by atoms with E-state index in [4.69, 9.17) is 4.74 Å². The van der Waals surface area contributed by atoms with E-state index in [1.807, 2.05) is 6.92 Å². The number of alkyl halides is 1. The lowest BCUT2D eigenvalue weighted by Crippen LogP contribution is -2.40. The zero-order chi connectivity index (χ0) is 14.5. The number of hydrogen-bond donors (Lipinski definition) is 0. The van der Waals surface area contributed by atoms with E-state index < -0.39 is 24.5 Å². The SMILES string of the molecule is CCOC/C=C\C(CF)N1C(=O)c2ccccc2C1=O. The minimum absolute atomic E-state index is 0.328. The van der Waals surface area contributed by atoms with Gasteiger partial charge in [0.2, 0.25) is 0 Å². The van der Waals surface area contributed by atoms with Gasteiger partial charge in [0.1, 0.15) is 6.67 Å². The molecule has 106 valence electrons. The van der Waals surface area contributed by atoms with Crippen LogP contribution in [-0.4, -0.2) is 42.6 Å². The first-order chi connectivity index (χ1) is 9.70. The van der Waals surface area contributed by atoms with Gasteiger partial charge in [0.05, 0.1) is 23.8 Å². The molecule has 0 saturated heterocycles. The standard InChI is InChI=1S/C15H16FNO3/c1-2-20-9-5-6-11(10-16)17-14(18)12-7-3-4-8-13(12)15(17)19/h3-8,11H,2,9-10H2,1H3/b6-5-. The minimum atomic E-state index is -0.886. The third-order valence-corrected chi connectivity index (χ3v) is 3.09. The van der Waals surface area contributed by atoms with Crippen LogP contribution in [0.4, 0.5) is 4.39 Å². The van der Waals surface area contributed by atoms with E-state index in [-0.39, 0.29) is 0 Å². The Kier molecular flexibility index (Phi) is 4.63. The average molecular weight is 277 g/mol. The summed E-state index contributed by atoms with van der Waals surface area (Å²) >= 11 is 0. The second-order valence-corrected chi connectivity index (χ2v) is 4.34. The number of nitrogens with zero attached hydrogens (tertiary/aromatic N) is 1. The van der Waals surface area contributed by atoms with Gasteiger partial charge >= 0.3 is 0 Å². The molecule has 1 aromatic rings. The lowest BCUT2D eigenvalue weighted by atomic mass is 10.1. The molecule has 1 aliphatic rings. The van der Waals surface area contributed by atoms with Crippen molar-refractivity contribution in [3.8, 4) is 0 Å². The van der Waals surface area contributed by atoms with Crippen molar-refractivity contribution in [1.82, 2.24) is 4.90 Å². The maximum atomic E-state index is 13.2. The molecule has 1 aliphatic heterocycles. The number of fused-ring (bicyclic) bond motifs is 1. The van der Waals surface area contributed by atoms with Crippen LogP contribution in [0.15, 0.2) is 36.4 Å². The highest BCUT2D eigenvalue weighted by Gasteiger charge is 2.38. The number of imide groups is 1. The quantitative estimate of drug-likeness (QED) is 0.455. The van der Waals surface area contributed by atoms with Gasteiger partial charge in [-0.3, -0.25) is 14.5 Å². The van der Waals surface area contributed by atoms with Crippen LogP contribution in [0, 0.1) is 0 Å². The van der Waals surface area contributed by atoms with Gasteiger partial charge in [-0.15, -0.1) is 0 Å². The summed E-state index contributed by atoms with van der Waals surface area (Å²) in [4.78, 5) is 25.3. The summed E-state index contributed by atoms with van der Waals surface area (Å²) < 4.78 is 18.3. The molecule has 1 atom stereocenters. The number of hydrogen-bond acceptors (Lipinski definition) is 3. The Bertz CT molecular complexity index is 507. The molecular formula is C15H16FNO3. The van der Waals surface area contributed by atoms with Crippen LogP contribution in [0.1, 0.15) is 27.6 Å².